The van der Waals surface area contributed by atoms with Crippen LogP contribution in [-0.2, 0) is 6.54 Å². The molecule has 1 saturated carbocycles. The molecule has 1 aliphatic rings. The highest BCUT2D eigenvalue weighted by Crippen LogP contribution is 2.19. The average molecular weight is 176 g/mol. The molecule has 1 aliphatic carbocycles. The Labute approximate surface area is 79.1 Å². The molecule has 0 atom stereocenters. The summed E-state index contributed by atoms with van der Waals surface area (Å²) < 4.78 is 0. The smallest absolute Gasteiger partial charge is 0.0359 e. The molecular formula is C11H16N2. The van der Waals surface area contributed by atoms with Gasteiger partial charge in [0.05, 0.1) is 0 Å². The van der Waals surface area contributed by atoms with Crippen LogP contribution in [0, 0.1) is 0 Å². The van der Waals surface area contributed by atoms with Crippen LogP contribution in [0.2, 0.25) is 0 Å². The molecule has 0 radical (unpaired) electrons. The fourth-order valence-corrected chi connectivity index (χ4v) is 1.56. The molecule has 1 aromatic rings. The van der Waals surface area contributed by atoms with Crippen LogP contribution < -0.4 is 11.1 Å². The predicted molar refractivity (Wildman–Crippen MR) is 55.3 cm³/mol. The van der Waals surface area contributed by atoms with Crippen molar-refractivity contribution in [1.82, 2.24) is 5.32 Å². The van der Waals surface area contributed by atoms with Gasteiger partial charge in [-0.15, -0.1) is 0 Å². The molecule has 0 heterocycles. The molecule has 2 nitrogen and oxygen atoms in total. The van der Waals surface area contributed by atoms with Gasteiger partial charge in [-0.3, -0.25) is 0 Å². The quantitative estimate of drug-likeness (QED) is 0.690. The molecule has 1 fully saturated rings. The molecule has 70 valence electrons. The molecule has 1 aromatic carbocycles. The number of anilines is 1. The molecule has 0 saturated heterocycles. The average Bonchev–Trinajstić information content (AvgIpc) is 2.05. The van der Waals surface area contributed by atoms with Crippen molar-refractivity contribution < 1.29 is 0 Å². The van der Waals surface area contributed by atoms with E-state index in [9.17, 15) is 0 Å². The van der Waals surface area contributed by atoms with Crippen LogP contribution in [0.5, 0.6) is 0 Å². The lowest BCUT2D eigenvalue weighted by atomic mass is 9.93. The molecule has 2 rings (SSSR count). The van der Waals surface area contributed by atoms with Gasteiger partial charge in [0.2, 0.25) is 0 Å². The highest BCUT2D eigenvalue weighted by atomic mass is 14.9. The summed E-state index contributed by atoms with van der Waals surface area (Å²) in [4.78, 5) is 0. The van der Waals surface area contributed by atoms with Crippen molar-refractivity contribution in [2.24, 2.45) is 0 Å². The number of rotatable bonds is 3. The Balaban J connectivity index is 1.89. The molecule has 0 bridgehead atoms. The summed E-state index contributed by atoms with van der Waals surface area (Å²) >= 11 is 0. The third-order valence-corrected chi connectivity index (χ3v) is 2.74. The van der Waals surface area contributed by atoms with E-state index in [-0.39, 0.29) is 0 Å². The van der Waals surface area contributed by atoms with E-state index in [0.29, 0.717) is 0 Å². The van der Waals surface area contributed by atoms with Gasteiger partial charge in [-0.25, -0.2) is 0 Å². The first kappa shape index (κ1) is 8.57. The third kappa shape index (κ3) is 2.01. The minimum Gasteiger partial charge on any atom is -0.398 e. The summed E-state index contributed by atoms with van der Waals surface area (Å²) in [6, 6.07) is 8.79. The van der Waals surface area contributed by atoms with E-state index in [1.807, 2.05) is 18.2 Å². The van der Waals surface area contributed by atoms with Crippen molar-refractivity contribution in [2.75, 3.05) is 5.73 Å². The number of hydrogen-bond donors (Lipinski definition) is 2. The van der Waals surface area contributed by atoms with Gasteiger partial charge in [-0.1, -0.05) is 24.6 Å². The molecule has 3 N–H and O–H groups in total. The number of nitrogens with two attached hydrogens (primary N) is 1. The van der Waals surface area contributed by atoms with Crippen molar-refractivity contribution in [3.05, 3.63) is 29.8 Å². The van der Waals surface area contributed by atoms with Crippen molar-refractivity contribution in [2.45, 2.75) is 31.8 Å². The second-order valence-electron chi connectivity index (χ2n) is 3.71. The molecule has 0 amide bonds. The minimum absolute atomic E-state index is 0.736. The zero-order valence-electron chi connectivity index (χ0n) is 7.79. The molecule has 0 spiro atoms. The molecule has 2 heteroatoms. The number of nitrogens with one attached hydrogen (secondary N) is 1. The summed E-state index contributed by atoms with van der Waals surface area (Å²) in [5.74, 6) is 0. The van der Waals surface area contributed by atoms with Gasteiger partial charge in [0, 0.05) is 18.3 Å². The summed E-state index contributed by atoms with van der Waals surface area (Å²) in [6.07, 6.45) is 4.03. The lowest BCUT2D eigenvalue weighted by Gasteiger charge is -2.26. The molecule has 13 heavy (non-hydrogen) atoms. The zero-order chi connectivity index (χ0) is 9.10. The normalized spacial score (nSPS) is 16.9. The molecule has 0 unspecified atom stereocenters. The van der Waals surface area contributed by atoms with E-state index in [2.05, 4.69) is 11.4 Å². The Morgan fingerprint density at radius 2 is 2.08 bits per heavy atom. The van der Waals surface area contributed by atoms with E-state index < -0.39 is 0 Å². The first-order valence-corrected chi connectivity index (χ1v) is 4.93. The van der Waals surface area contributed by atoms with Crippen molar-refractivity contribution >= 4 is 5.69 Å². The Hall–Kier alpha value is -1.02. The van der Waals surface area contributed by atoms with E-state index >= 15 is 0 Å². The number of benzene rings is 1. The van der Waals surface area contributed by atoms with Gasteiger partial charge in [-0.2, -0.15) is 0 Å². The monoisotopic (exact) mass is 176 g/mol. The summed E-state index contributed by atoms with van der Waals surface area (Å²) in [7, 11) is 0. The SMILES string of the molecule is Nc1ccccc1CNC1CCC1. The van der Waals surface area contributed by atoms with Gasteiger partial charge in [-0.05, 0) is 24.5 Å². The topological polar surface area (TPSA) is 38.0 Å². The fourth-order valence-electron chi connectivity index (χ4n) is 1.56. The third-order valence-electron chi connectivity index (χ3n) is 2.74. The van der Waals surface area contributed by atoms with Crippen LogP contribution in [0.25, 0.3) is 0 Å². The van der Waals surface area contributed by atoms with Crippen LogP contribution >= 0.6 is 0 Å². The number of para-hydroxylation sites is 1. The molecular weight excluding hydrogens is 160 g/mol. The first-order chi connectivity index (χ1) is 6.36. The first-order valence-electron chi connectivity index (χ1n) is 4.93. The summed E-state index contributed by atoms with van der Waals surface area (Å²) in [5, 5.41) is 3.50. The van der Waals surface area contributed by atoms with E-state index in [1.54, 1.807) is 0 Å². The summed E-state index contributed by atoms with van der Waals surface area (Å²) in [5.41, 5.74) is 7.94. The molecule has 0 aromatic heterocycles. The van der Waals surface area contributed by atoms with Crippen molar-refractivity contribution in [3.8, 4) is 0 Å². The van der Waals surface area contributed by atoms with Crippen LogP contribution in [0.1, 0.15) is 24.8 Å². The van der Waals surface area contributed by atoms with Gasteiger partial charge in [0.1, 0.15) is 0 Å². The highest BCUT2D eigenvalue weighted by molar-refractivity contribution is 5.46. The summed E-state index contributed by atoms with van der Waals surface area (Å²) in [6.45, 7) is 0.914. The van der Waals surface area contributed by atoms with Gasteiger partial charge >= 0.3 is 0 Å². The van der Waals surface area contributed by atoms with E-state index in [1.165, 1.54) is 24.8 Å². The van der Waals surface area contributed by atoms with Crippen LogP contribution in [0.3, 0.4) is 0 Å². The van der Waals surface area contributed by atoms with Gasteiger partial charge < -0.3 is 11.1 Å². The largest absolute Gasteiger partial charge is 0.398 e. The van der Waals surface area contributed by atoms with Crippen LogP contribution in [0.15, 0.2) is 24.3 Å². The Morgan fingerprint density at radius 1 is 1.31 bits per heavy atom. The Morgan fingerprint density at radius 3 is 2.69 bits per heavy atom. The minimum atomic E-state index is 0.736. The zero-order valence-corrected chi connectivity index (χ0v) is 7.79. The van der Waals surface area contributed by atoms with Crippen LogP contribution in [-0.4, -0.2) is 6.04 Å². The maximum absolute atomic E-state index is 5.83. The second-order valence-corrected chi connectivity index (χ2v) is 3.71. The number of hydrogen-bond acceptors (Lipinski definition) is 2. The Bertz CT molecular complexity index is 279. The Kier molecular flexibility index (Phi) is 2.50. The second kappa shape index (κ2) is 3.79. The predicted octanol–water partition coefficient (Wildman–Crippen LogP) is 1.91. The maximum atomic E-state index is 5.83. The van der Waals surface area contributed by atoms with Gasteiger partial charge in [0.15, 0.2) is 0 Å². The number of nitrogen functional groups attached to an aromatic ring is 1. The van der Waals surface area contributed by atoms with Crippen molar-refractivity contribution in [3.63, 3.8) is 0 Å². The van der Waals surface area contributed by atoms with Gasteiger partial charge in [0.25, 0.3) is 0 Å². The maximum Gasteiger partial charge on any atom is 0.0359 e. The standard InChI is InChI=1S/C11H16N2/c12-11-7-2-1-4-9(11)8-13-10-5-3-6-10/h1-2,4,7,10,13H,3,5-6,8,12H2. The van der Waals surface area contributed by atoms with E-state index in [4.69, 9.17) is 5.73 Å². The van der Waals surface area contributed by atoms with E-state index in [0.717, 1.165) is 18.3 Å². The van der Waals surface area contributed by atoms with Crippen LogP contribution in [0.4, 0.5) is 5.69 Å². The lowest BCUT2D eigenvalue weighted by molar-refractivity contribution is 0.338. The van der Waals surface area contributed by atoms with Crippen molar-refractivity contribution in [1.29, 1.82) is 0 Å². The highest BCUT2D eigenvalue weighted by Gasteiger charge is 2.16. The fraction of sp³-hybridized carbons (Fsp3) is 0.455. The molecule has 0 aliphatic heterocycles. The lowest BCUT2D eigenvalue weighted by Crippen LogP contribution is -2.34.